The number of nitrogens with one attached hydrogen (secondary N) is 2. The first-order valence-electron chi connectivity index (χ1n) is 11.6. The Morgan fingerprint density at radius 3 is 2.29 bits per heavy atom. The van der Waals surface area contributed by atoms with Crippen molar-refractivity contribution >= 4 is 17.7 Å². The number of benzene rings is 2. The van der Waals surface area contributed by atoms with E-state index in [9.17, 15) is 14.4 Å². The van der Waals surface area contributed by atoms with Crippen molar-refractivity contribution in [3.05, 3.63) is 59.7 Å². The highest BCUT2D eigenvalue weighted by atomic mass is 16.5. The van der Waals surface area contributed by atoms with Gasteiger partial charge >= 0.3 is 0 Å². The summed E-state index contributed by atoms with van der Waals surface area (Å²) in [5.41, 5.74) is 0.944. The van der Waals surface area contributed by atoms with Crippen LogP contribution in [0.4, 0.5) is 0 Å². The van der Waals surface area contributed by atoms with Crippen molar-refractivity contribution in [1.29, 1.82) is 0 Å². The van der Waals surface area contributed by atoms with Crippen molar-refractivity contribution < 1.29 is 28.6 Å². The highest BCUT2D eigenvalue weighted by Gasteiger charge is 2.34. The molecule has 188 valence electrons. The molecule has 0 aliphatic carbocycles. The zero-order chi connectivity index (χ0) is 25.2. The Morgan fingerprint density at radius 1 is 0.971 bits per heavy atom. The number of ether oxygens (including phenoxy) is 3. The second kappa shape index (κ2) is 12.8. The van der Waals surface area contributed by atoms with Gasteiger partial charge in [-0.3, -0.25) is 14.4 Å². The molecule has 3 rings (SSSR count). The monoisotopic (exact) mass is 483 g/mol. The molecule has 9 nitrogen and oxygen atoms in total. The number of likely N-dealkylation sites (tertiary alicyclic amines) is 1. The van der Waals surface area contributed by atoms with Crippen LogP contribution in [0, 0.1) is 5.92 Å². The van der Waals surface area contributed by atoms with E-state index in [0.717, 1.165) is 0 Å². The quantitative estimate of drug-likeness (QED) is 0.502. The van der Waals surface area contributed by atoms with Crippen molar-refractivity contribution in [3.63, 3.8) is 0 Å². The molecule has 1 aliphatic heterocycles. The minimum Gasteiger partial charge on any atom is -0.497 e. The van der Waals surface area contributed by atoms with Crippen molar-refractivity contribution in [2.45, 2.75) is 18.9 Å². The lowest BCUT2D eigenvalue weighted by Gasteiger charge is -2.36. The number of carbonyl (C=O) groups excluding carboxylic acids is 3. The van der Waals surface area contributed by atoms with Gasteiger partial charge in [0.25, 0.3) is 11.8 Å². The van der Waals surface area contributed by atoms with Crippen molar-refractivity contribution in [1.82, 2.24) is 15.5 Å². The number of piperidine rings is 1. The first-order valence-corrected chi connectivity index (χ1v) is 11.6. The Balaban J connectivity index is 1.69. The molecule has 2 N–H and O–H groups in total. The van der Waals surface area contributed by atoms with Crippen LogP contribution in [-0.4, -0.2) is 76.2 Å². The zero-order valence-electron chi connectivity index (χ0n) is 20.4. The Hall–Kier alpha value is -3.59. The maximum atomic E-state index is 13.1. The lowest BCUT2D eigenvalue weighted by atomic mass is 9.88. The predicted molar refractivity (Wildman–Crippen MR) is 131 cm³/mol. The van der Waals surface area contributed by atoms with Crippen molar-refractivity contribution in [2.75, 3.05) is 47.6 Å². The van der Waals surface area contributed by atoms with Crippen molar-refractivity contribution in [3.8, 4) is 11.5 Å². The molecule has 1 saturated heterocycles. The number of amides is 3. The highest BCUT2D eigenvalue weighted by Crippen LogP contribution is 2.26. The first-order chi connectivity index (χ1) is 17.0. The minimum atomic E-state index is -0.732. The van der Waals surface area contributed by atoms with E-state index in [1.54, 1.807) is 61.6 Å². The standard InChI is InChI=1S/C26H33N3O6/c1-33-17-14-27-25(31)23(28-24(30)19-8-10-20(34-2)11-9-19)18-12-15-29(16-13-18)26(32)21-6-4-5-7-22(21)35-3/h4-11,18,23H,12-17H2,1-3H3,(H,27,31)(H,28,30)/t23-/m0/s1. The molecule has 1 heterocycles. The van der Waals surface area contributed by atoms with Crippen LogP contribution in [0.2, 0.25) is 0 Å². The van der Waals surface area contributed by atoms with Gasteiger partial charge < -0.3 is 29.7 Å². The summed E-state index contributed by atoms with van der Waals surface area (Å²) in [4.78, 5) is 40.7. The third kappa shape index (κ3) is 6.73. The molecule has 35 heavy (non-hydrogen) atoms. The molecule has 0 saturated carbocycles. The molecule has 0 radical (unpaired) electrons. The van der Waals surface area contributed by atoms with Crippen LogP contribution in [0.25, 0.3) is 0 Å². The Bertz CT molecular complexity index is 1000. The van der Waals surface area contributed by atoms with Gasteiger partial charge in [0, 0.05) is 32.3 Å². The summed E-state index contributed by atoms with van der Waals surface area (Å²) in [5.74, 6) is 0.334. The minimum absolute atomic E-state index is 0.107. The molecule has 9 heteroatoms. The summed E-state index contributed by atoms with van der Waals surface area (Å²) < 4.78 is 15.5. The van der Waals surface area contributed by atoms with Gasteiger partial charge in [-0.2, -0.15) is 0 Å². The lowest BCUT2D eigenvalue weighted by molar-refractivity contribution is -0.124. The Kier molecular flexibility index (Phi) is 9.48. The smallest absolute Gasteiger partial charge is 0.257 e. The molecule has 3 amide bonds. The van der Waals surface area contributed by atoms with E-state index in [-0.39, 0.29) is 23.6 Å². The molecular weight excluding hydrogens is 450 g/mol. The van der Waals surface area contributed by atoms with Crippen LogP contribution in [-0.2, 0) is 9.53 Å². The summed E-state index contributed by atoms with van der Waals surface area (Å²) in [5, 5.41) is 5.74. The molecule has 1 atom stereocenters. The van der Waals surface area contributed by atoms with E-state index in [1.165, 1.54) is 7.11 Å². The Morgan fingerprint density at radius 2 is 1.66 bits per heavy atom. The van der Waals surface area contributed by atoms with Gasteiger partial charge in [-0.05, 0) is 55.2 Å². The van der Waals surface area contributed by atoms with Gasteiger partial charge in [0.2, 0.25) is 5.91 Å². The largest absolute Gasteiger partial charge is 0.497 e. The number of para-hydroxylation sites is 1. The van der Waals surface area contributed by atoms with Crippen LogP contribution in [0.1, 0.15) is 33.6 Å². The average molecular weight is 484 g/mol. The Labute approximate surface area is 205 Å². The molecule has 2 aromatic rings. The molecule has 2 aromatic carbocycles. The molecule has 1 aliphatic rings. The number of hydrogen-bond donors (Lipinski definition) is 2. The van der Waals surface area contributed by atoms with E-state index >= 15 is 0 Å². The topological polar surface area (TPSA) is 106 Å². The van der Waals surface area contributed by atoms with E-state index in [2.05, 4.69) is 10.6 Å². The fourth-order valence-electron chi connectivity index (χ4n) is 4.18. The average Bonchev–Trinajstić information content (AvgIpc) is 2.91. The molecule has 0 bridgehead atoms. The SMILES string of the molecule is COCCNC(=O)[C@@H](NC(=O)c1ccc(OC)cc1)C1CCN(C(=O)c2ccccc2OC)CC1. The van der Waals surface area contributed by atoms with Gasteiger partial charge in [0.05, 0.1) is 26.4 Å². The normalized spacial score (nSPS) is 14.7. The van der Waals surface area contributed by atoms with Gasteiger partial charge in [0.1, 0.15) is 17.5 Å². The second-order valence-electron chi connectivity index (χ2n) is 8.29. The van der Waals surface area contributed by atoms with Gasteiger partial charge in [-0.15, -0.1) is 0 Å². The zero-order valence-corrected chi connectivity index (χ0v) is 20.4. The van der Waals surface area contributed by atoms with Crippen LogP contribution < -0.4 is 20.1 Å². The predicted octanol–water partition coefficient (Wildman–Crippen LogP) is 2.12. The maximum absolute atomic E-state index is 13.1. The van der Waals surface area contributed by atoms with Crippen LogP contribution >= 0.6 is 0 Å². The second-order valence-corrected chi connectivity index (χ2v) is 8.29. The summed E-state index contributed by atoms with van der Waals surface area (Å²) in [7, 11) is 4.65. The summed E-state index contributed by atoms with van der Waals surface area (Å²) in [6.45, 7) is 1.66. The number of hydrogen-bond acceptors (Lipinski definition) is 6. The van der Waals surface area contributed by atoms with Gasteiger partial charge in [-0.1, -0.05) is 12.1 Å². The van der Waals surface area contributed by atoms with Gasteiger partial charge in [0.15, 0.2) is 0 Å². The van der Waals surface area contributed by atoms with E-state index in [1.807, 2.05) is 6.07 Å². The molecular formula is C26H33N3O6. The molecule has 0 spiro atoms. The number of rotatable bonds is 10. The van der Waals surface area contributed by atoms with Gasteiger partial charge in [-0.25, -0.2) is 0 Å². The molecule has 0 aromatic heterocycles. The third-order valence-electron chi connectivity index (χ3n) is 6.16. The first kappa shape index (κ1) is 26.0. The lowest BCUT2D eigenvalue weighted by Crippen LogP contribution is -2.54. The number of carbonyl (C=O) groups is 3. The molecule has 1 fully saturated rings. The summed E-state index contributed by atoms with van der Waals surface area (Å²) in [6, 6.07) is 13.1. The van der Waals surface area contributed by atoms with Crippen molar-refractivity contribution in [2.24, 2.45) is 5.92 Å². The fourth-order valence-corrected chi connectivity index (χ4v) is 4.18. The third-order valence-corrected chi connectivity index (χ3v) is 6.16. The van der Waals surface area contributed by atoms with E-state index in [4.69, 9.17) is 14.2 Å². The summed E-state index contributed by atoms with van der Waals surface area (Å²) in [6.07, 6.45) is 1.15. The fraction of sp³-hybridized carbons (Fsp3) is 0.423. The number of nitrogens with zero attached hydrogens (tertiary/aromatic N) is 1. The highest BCUT2D eigenvalue weighted by molar-refractivity contribution is 5.98. The van der Waals surface area contributed by atoms with Crippen LogP contribution in [0.15, 0.2) is 48.5 Å². The van der Waals surface area contributed by atoms with E-state index < -0.39 is 6.04 Å². The van der Waals surface area contributed by atoms with Crippen LogP contribution in [0.5, 0.6) is 11.5 Å². The van der Waals surface area contributed by atoms with Crippen LogP contribution in [0.3, 0.4) is 0 Å². The molecule has 0 unspecified atom stereocenters. The van der Waals surface area contributed by atoms with E-state index in [0.29, 0.717) is 61.7 Å². The number of methoxy groups -OCH3 is 3. The summed E-state index contributed by atoms with van der Waals surface area (Å²) >= 11 is 0. The maximum Gasteiger partial charge on any atom is 0.257 e.